The first-order valence-electron chi connectivity index (χ1n) is 9.93. The van der Waals surface area contributed by atoms with Crippen LogP contribution in [0.15, 0.2) is 76.3 Å². The molecule has 0 radical (unpaired) electrons. The Balaban J connectivity index is 1.37. The number of hydrogen-bond donors (Lipinski definition) is 2. The summed E-state index contributed by atoms with van der Waals surface area (Å²) in [5, 5.41) is 10.0. The lowest BCUT2D eigenvalue weighted by molar-refractivity contribution is -0.115. The van der Waals surface area contributed by atoms with E-state index in [0.717, 1.165) is 21.0 Å². The van der Waals surface area contributed by atoms with Gasteiger partial charge in [0.15, 0.2) is 5.13 Å². The summed E-state index contributed by atoms with van der Waals surface area (Å²) >= 11 is 4.46. The second-order valence-corrected chi connectivity index (χ2v) is 10.3. The van der Waals surface area contributed by atoms with Crippen LogP contribution < -0.4 is 10.6 Å². The molecule has 2 N–H and O–H groups in total. The fourth-order valence-electron chi connectivity index (χ4n) is 3.01. The van der Waals surface area contributed by atoms with Gasteiger partial charge in [-0.2, -0.15) is 0 Å². The minimum absolute atomic E-state index is 0.114. The molecule has 2 heterocycles. The zero-order valence-electron chi connectivity index (χ0n) is 17.5. The molecule has 0 aliphatic carbocycles. The standard InChI is InChI=1S/C24H21N3O2S3/c1-15-7-3-4-10-19(15)23(29)25-17-8-5-9-18(13-17)32-16(2)22(28)27-24-26-20(14-31-24)21-11-6-12-30-21/h3-14,16H,1-2H3,(H,25,29)(H,26,27,28). The molecule has 1 unspecified atom stereocenters. The fourth-order valence-corrected chi connectivity index (χ4v) is 5.41. The van der Waals surface area contributed by atoms with E-state index in [4.69, 9.17) is 0 Å². The molecule has 4 rings (SSSR count). The third kappa shape index (κ3) is 5.45. The first kappa shape index (κ1) is 22.3. The fraction of sp³-hybridized carbons (Fsp3) is 0.125. The van der Waals surface area contributed by atoms with Crippen LogP contribution in [0.2, 0.25) is 0 Å². The Morgan fingerprint density at radius 1 is 1.00 bits per heavy atom. The zero-order valence-corrected chi connectivity index (χ0v) is 19.9. The zero-order chi connectivity index (χ0) is 22.5. The van der Waals surface area contributed by atoms with E-state index in [9.17, 15) is 9.59 Å². The molecule has 162 valence electrons. The van der Waals surface area contributed by atoms with Crippen LogP contribution in [0.5, 0.6) is 0 Å². The molecule has 0 aliphatic rings. The van der Waals surface area contributed by atoms with E-state index in [1.165, 1.54) is 23.1 Å². The van der Waals surface area contributed by atoms with Crippen molar-refractivity contribution in [1.82, 2.24) is 4.98 Å². The molecule has 1 atom stereocenters. The highest BCUT2D eigenvalue weighted by Crippen LogP contribution is 2.30. The van der Waals surface area contributed by atoms with Crippen molar-refractivity contribution in [2.45, 2.75) is 24.0 Å². The van der Waals surface area contributed by atoms with E-state index in [2.05, 4.69) is 15.6 Å². The van der Waals surface area contributed by atoms with Gasteiger partial charge in [0.2, 0.25) is 5.91 Å². The molecule has 2 aromatic heterocycles. The van der Waals surface area contributed by atoms with Crippen molar-refractivity contribution >= 4 is 57.1 Å². The number of rotatable bonds is 7. The number of thiophene rings is 1. The molecule has 0 fully saturated rings. The van der Waals surface area contributed by atoms with Gasteiger partial charge in [0.05, 0.1) is 15.8 Å². The van der Waals surface area contributed by atoms with E-state index in [-0.39, 0.29) is 17.1 Å². The predicted octanol–water partition coefficient (Wildman–Crippen LogP) is 6.55. The molecule has 2 amide bonds. The molecule has 0 bridgehead atoms. The van der Waals surface area contributed by atoms with Gasteiger partial charge in [-0.1, -0.05) is 30.3 Å². The lowest BCUT2D eigenvalue weighted by atomic mass is 10.1. The van der Waals surface area contributed by atoms with Crippen LogP contribution in [0.4, 0.5) is 10.8 Å². The van der Waals surface area contributed by atoms with Crippen LogP contribution in [0.3, 0.4) is 0 Å². The summed E-state index contributed by atoms with van der Waals surface area (Å²) < 4.78 is 0. The predicted molar refractivity (Wildman–Crippen MR) is 135 cm³/mol. The number of amides is 2. The molecule has 4 aromatic rings. The van der Waals surface area contributed by atoms with E-state index in [1.807, 2.05) is 79.2 Å². The summed E-state index contributed by atoms with van der Waals surface area (Å²) in [7, 11) is 0. The summed E-state index contributed by atoms with van der Waals surface area (Å²) in [6, 6.07) is 19.0. The van der Waals surface area contributed by atoms with Crippen LogP contribution in [0, 0.1) is 6.92 Å². The number of thiazole rings is 1. The average Bonchev–Trinajstić information content (AvgIpc) is 3.46. The lowest BCUT2D eigenvalue weighted by Crippen LogP contribution is -2.22. The van der Waals surface area contributed by atoms with Crippen molar-refractivity contribution in [3.63, 3.8) is 0 Å². The van der Waals surface area contributed by atoms with E-state index in [0.29, 0.717) is 16.4 Å². The minimum atomic E-state index is -0.327. The topological polar surface area (TPSA) is 71.1 Å². The minimum Gasteiger partial charge on any atom is -0.322 e. The van der Waals surface area contributed by atoms with Crippen molar-refractivity contribution in [2.24, 2.45) is 0 Å². The second-order valence-electron chi connectivity index (χ2n) is 7.06. The highest BCUT2D eigenvalue weighted by molar-refractivity contribution is 8.00. The number of anilines is 2. The first-order chi connectivity index (χ1) is 15.5. The van der Waals surface area contributed by atoms with Gasteiger partial charge in [0, 0.05) is 21.5 Å². The van der Waals surface area contributed by atoms with Gasteiger partial charge in [0.25, 0.3) is 5.91 Å². The molecule has 5 nitrogen and oxygen atoms in total. The molecule has 0 saturated heterocycles. The number of nitrogens with zero attached hydrogens (tertiary/aromatic N) is 1. The largest absolute Gasteiger partial charge is 0.322 e. The smallest absolute Gasteiger partial charge is 0.255 e. The number of nitrogens with one attached hydrogen (secondary N) is 2. The van der Waals surface area contributed by atoms with Gasteiger partial charge in [-0.05, 0) is 55.1 Å². The Morgan fingerprint density at radius 2 is 1.84 bits per heavy atom. The van der Waals surface area contributed by atoms with Gasteiger partial charge in [-0.3, -0.25) is 9.59 Å². The number of benzene rings is 2. The molecule has 32 heavy (non-hydrogen) atoms. The Hall–Kier alpha value is -2.94. The van der Waals surface area contributed by atoms with Crippen LogP contribution in [0.1, 0.15) is 22.8 Å². The Kier molecular flexibility index (Phi) is 7.04. The third-order valence-electron chi connectivity index (χ3n) is 4.67. The van der Waals surface area contributed by atoms with Gasteiger partial charge >= 0.3 is 0 Å². The van der Waals surface area contributed by atoms with Crippen molar-refractivity contribution < 1.29 is 9.59 Å². The number of thioether (sulfide) groups is 1. The number of carbonyl (C=O) groups excluding carboxylic acids is 2. The first-order valence-corrected chi connectivity index (χ1v) is 12.6. The Labute approximate surface area is 198 Å². The van der Waals surface area contributed by atoms with Crippen molar-refractivity contribution in [2.75, 3.05) is 10.6 Å². The van der Waals surface area contributed by atoms with Gasteiger partial charge < -0.3 is 10.6 Å². The maximum Gasteiger partial charge on any atom is 0.255 e. The quantitative estimate of drug-likeness (QED) is 0.295. The van der Waals surface area contributed by atoms with Gasteiger partial charge in [-0.25, -0.2) is 4.98 Å². The number of aromatic nitrogens is 1. The third-order valence-corrected chi connectivity index (χ3v) is 7.42. The molecule has 0 aliphatic heterocycles. The lowest BCUT2D eigenvalue weighted by Gasteiger charge is -2.12. The highest BCUT2D eigenvalue weighted by Gasteiger charge is 2.17. The summed E-state index contributed by atoms with van der Waals surface area (Å²) in [4.78, 5) is 31.7. The van der Waals surface area contributed by atoms with Gasteiger partial charge in [-0.15, -0.1) is 34.4 Å². The summed E-state index contributed by atoms with van der Waals surface area (Å²) in [6.07, 6.45) is 0. The van der Waals surface area contributed by atoms with Crippen LogP contribution in [-0.4, -0.2) is 22.0 Å². The van der Waals surface area contributed by atoms with Gasteiger partial charge in [0.1, 0.15) is 0 Å². The SMILES string of the molecule is Cc1ccccc1C(=O)Nc1cccc(SC(C)C(=O)Nc2nc(-c3cccs3)cs2)c1. The number of aryl methyl sites for hydroxylation is 1. The Morgan fingerprint density at radius 3 is 2.62 bits per heavy atom. The van der Waals surface area contributed by atoms with E-state index < -0.39 is 0 Å². The monoisotopic (exact) mass is 479 g/mol. The molecule has 2 aromatic carbocycles. The Bertz CT molecular complexity index is 1230. The maximum atomic E-state index is 12.7. The van der Waals surface area contributed by atoms with Crippen molar-refractivity contribution in [3.05, 3.63) is 82.6 Å². The van der Waals surface area contributed by atoms with E-state index in [1.54, 1.807) is 17.4 Å². The average molecular weight is 480 g/mol. The maximum absolute atomic E-state index is 12.7. The summed E-state index contributed by atoms with van der Waals surface area (Å²) in [6.45, 7) is 3.76. The van der Waals surface area contributed by atoms with Crippen LogP contribution in [-0.2, 0) is 4.79 Å². The molecular formula is C24H21N3O2S3. The number of carbonyl (C=O) groups is 2. The van der Waals surface area contributed by atoms with Crippen molar-refractivity contribution in [1.29, 1.82) is 0 Å². The number of hydrogen-bond acceptors (Lipinski definition) is 6. The van der Waals surface area contributed by atoms with Crippen LogP contribution >= 0.6 is 34.4 Å². The molecule has 0 spiro atoms. The summed E-state index contributed by atoms with van der Waals surface area (Å²) in [5.74, 6) is -0.266. The normalized spacial score (nSPS) is 11.7. The highest BCUT2D eigenvalue weighted by atomic mass is 32.2. The molecule has 0 saturated carbocycles. The molecule has 8 heteroatoms. The summed E-state index contributed by atoms with van der Waals surface area (Å²) in [5.41, 5.74) is 3.13. The second kappa shape index (κ2) is 10.1. The van der Waals surface area contributed by atoms with Crippen molar-refractivity contribution in [3.8, 4) is 10.6 Å². The molecular weight excluding hydrogens is 458 g/mol. The van der Waals surface area contributed by atoms with Crippen LogP contribution in [0.25, 0.3) is 10.6 Å². The van der Waals surface area contributed by atoms with E-state index >= 15 is 0 Å².